The van der Waals surface area contributed by atoms with Crippen molar-refractivity contribution in [3.8, 4) is 0 Å². The van der Waals surface area contributed by atoms with Crippen LogP contribution in [0.1, 0.15) is 30.0 Å². The zero-order valence-electron chi connectivity index (χ0n) is 12.5. The average Bonchev–Trinajstić information content (AvgIpc) is 2.56. The lowest BCUT2D eigenvalue weighted by molar-refractivity contribution is 0.510. The molecule has 0 aliphatic carbocycles. The summed E-state index contributed by atoms with van der Waals surface area (Å²) in [5.41, 5.74) is 3.68. The minimum atomic E-state index is 0.242. The number of pyridine rings is 1. The zero-order chi connectivity index (χ0) is 14.7. The highest BCUT2D eigenvalue weighted by molar-refractivity contribution is 5.82. The first-order valence-electron chi connectivity index (χ1n) is 7.37. The van der Waals surface area contributed by atoms with E-state index in [1.165, 1.54) is 16.5 Å². The molecule has 2 heteroatoms. The molecular formula is C19H20N2. The molecule has 0 aliphatic rings. The molecule has 21 heavy (non-hydrogen) atoms. The molecule has 0 bridgehead atoms. The van der Waals surface area contributed by atoms with Gasteiger partial charge < -0.3 is 5.32 Å². The van der Waals surface area contributed by atoms with Crippen molar-refractivity contribution in [1.82, 2.24) is 10.3 Å². The van der Waals surface area contributed by atoms with Gasteiger partial charge in [0.25, 0.3) is 0 Å². The van der Waals surface area contributed by atoms with Crippen LogP contribution in [0, 0.1) is 0 Å². The van der Waals surface area contributed by atoms with Crippen molar-refractivity contribution in [2.75, 3.05) is 7.05 Å². The molecule has 106 valence electrons. The van der Waals surface area contributed by atoms with Crippen molar-refractivity contribution in [1.29, 1.82) is 0 Å². The number of nitrogens with one attached hydrogen (secondary N) is 1. The molecule has 0 fully saturated rings. The lowest BCUT2D eigenvalue weighted by Gasteiger charge is -2.25. The van der Waals surface area contributed by atoms with Crippen LogP contribution in [-0.4, -0.2) is 12.0 Å². The molecule has 0 aliphatic heterocycles. The Hall–Kier alpha value is -2.19. The summed E-state index contributed by atoms with van der Waals surface area (Å²) in [5, 5.41) is 4.66. The van der Waals surface area contributed by atoms with E-state index in [9.17, 15) is 0 Å². The summed E-state index contributed by atoms with van der Waals surface area (Å²) < 4.78 is 0. The molecule has 0 saturated heterocycles. The Bertz CT molecular complexity index is 716. The van der Waals surface area contributed by atoms with Crippen LogP contribution >= 0.6 is 0 Å². The van der Waals surface area contributed by atoms with Gasteiger partial charge in [-0.05, 0) is 24.2 Å². The third-order valence-corrected chi connectivity index (χ3v) is 4.14. The number of likely N-dealkylation sites (N-methyl/N-ethyl adjacent to an activating group) is 1. The maximum Gasteiger partial charge on any atom is 0.0749 e. The van der Waals surface area contributed by atoms with Crippen LogP contribution in [0.2, 0.25) is 0 Å². The van der Waals surface area contributed by atoms with E-state index in [1.807, 2.05) is 19.3 Å². The molecule has 1 heterocycles. The molecule has 0 radical (unpaired) electrons. The molecule has 2 aromatic carbocycles. The number of rotatable bonds is 4. The molecule has 0 spiro atoms. The maximum absolute atomic E-state index is 4.59. The van der Waals surface area contributed by atoms with Crippen LogP contribution in [0.4, 0.5) is 0 Å². The number of nitrogens with zero attached hydrogens (tertiary/aromatic N) is 1. The quantitative estimate of drug-likeness (QED) is 0.768. The highest BCUT2D eigenvalue weighted by atomic mass is 14.9. The van der Waals surface area contributed by atoms with E-state index in [2.05, 4.69) is 71.8 Å². The van der Waals surface area contributed by atoms with Crippen LogP contribution in [0.25, 0.3) is 10.9 Å². The number of hydrogen-bond acceptors (Lipinski definition) is 2. The van der Waals surface area contributed by atoms with Crippen LogP contribution in [-0.2, 0) is 0 Å². The van der Waals surface area contributed by atoms with Gasteiger partial charge in [0.05, 0.1) is 5.52 Å². The summed E-state index contributed by atoms with van der Waals surface area (Å²) in [6.45, 7) is 2.26. The summed E-state index contributed by atoms with van der Waals surface area (Å²) in [5.74, 6) is 0.379. The molecule has 1 N–H and O–H groups in total. The van der Waals surface area contributed by atoms with Crippen molar-refractivity contribution >= 4 is 10.9 Å². The average molecular weight is 276 g/mol. The van der Waals surface area contributed by atoms with Crippen molar-refractivity contribution in [2.24, 2.45) is 0 Å². The monoisotopic (exact) mass is 276 g/mol. The summed E-state index contributed by atoms with van der Waals surface area (Å²) >= 11 is 0. The minimum Gasteiger partial charge on any atom is -0.312 e. The standard InChI is InChI=1S/C19H20N2/c1-14(15-8-4-3-5-9-15)18(20-2)17-12-6-10-16-11-7-13-21-19(16)17/h3-14,18,20H,1-2H3. The summed E-state index contributed by atoms with van der Waals surface area (Å²) in [7, 11) is 2.02. The lowest BCUT2D eigenvalue weighted by Crippen LogP contribution is -2.22. The highest BCUT2D eigenvalue weighted by Crippen LogP contribution is 2.33. The second-order valence-electron chi connectivity index (χ2n) is 5.39. The van der Waals surface area contributed by atoms with Gasteiger partial charge >= 0.3 is 0 Å². The predicted molar refractivity (Wildman–Crippen MR) is 88.4 cm³/mol. The first-order valence-corrected chi connectivity index (χ1v) is 7.37. The van der Waals surface area contributed by atoms with Crippen molar-refractivity contribution in [3.63, 3.8) is 0 Å². The predicted octanol–water partition coefficient (Wildman–Crippen LogP) is 4.30. The molecule has 2 unspecified atom stereocenters. The van der Waals surface area contributed by atoms with Gasteiger partial charge in [-0.15, -0.1) is 0 Å². The lowest BCUT2D eigenvalue weighted by atomic mass is 9.87. The Morgan fingerprint density at radius 1 is 0.905 bits per heavy atom. The van der Waals surface area contributed by atoms with Gasteiger partial charge in [0.2, 0.25) is 0 Å². The van der Waals surface area contributed by atoms with Crippen molar-refractivity contribution in [3.05, 3.63) is 78.0 Å². The van der Waals surface area contributed by atoms with Gasteiger partial charge in [-0.2, -0.15) is 0 Å². The number of para-hydroxylation sites is 1. The second kappa shape index (κ2) is 6.06. The number of hydrogen-bond donors (Lipinski definition) is 1. The molecule has 2 nitrogen and oxygen atoms in total. The minimum absolute atomic E-state index is 0.242. The Kier molecular flexibility index (Phi) is 3.98. The fourth-order valence-electron chi connectivity index (χ4n) is 3.00. The summed E-state index contributed by atoms with van der Waals surface area (Å²) in [6.07, 6.45) is 1.87. The Balaban J connectivity index is 2.06. The molecule has 0 saturated carbocycles. The van der Waals surface area contributed by atoms with E-state index in [1.54, 1.807) is 0 Å². The first-order chi connectivity index (χ1) is 10.3. The fourth-order valence-corrected chi connectivity index (χ4v) is 3.00. The summed E-state index contributed by atoms with van der Waals surface area (Å²) in [6, 6.07) is 21.4. The Labute approximate surface area is 125 Å². The van der Waals surface area contributed by atoms with Gasteiger partial charge in [-0.3, -0.25) is 4.98 Å². The van der Waals surface area contributed by atoms with E-state index >= 15 is 0 Å². The van der Waals surface area contributed by atoms with E-state index in [-0.39, 0.29) is 6.04 Å². The largest absolute Gasteiger partial charge is 0.312 e. The number of benzene rings is 2. The van der Waals surface area contributed by atoms with E-state index in [0.29, 0.717) is 5.92 Å². The molecule has 1 aromatic heterocycles. The molecular weight excluding hydrogens is 256 g/mol. The first kappa shape index (κ1) is 13.8. The number of aromatic nitrogens is 1. The van der Waals surface area contributed by atoms with E-state index in [0.717, 1.165) is 5.52 Å². The van der Waals surface area contributed by atoms with Gasteiger partial charge in [0.15, 0.2) is 0 Å². The van der Waals surface area contributed by atoms with E-state index < -0.39 is 0 Å². The maximum atomic E-state index is 4.59. The van der Waals surface area contributed by atoms with E-state index in [4.69, 9.17) is 0 Å². The zero-order valence-corrected chi connectivity index (χ0v) is 12.5. The normalized spacial score (nSPS) is 14.0. The van der Waals surface area contributed by atoms with Gasteiger partial charge in [-0.25, -0.2) is 0 Å². The van der Waals surface area contributed by atoms with Crippen LogP contribution in [0.3, 0.4) is 0 Å². The number of fused-ring (bicyclic) bond motifs is 1. The Morgan fingerprint density at radius 2 is 1.67 bits per heavy atom. The van der Waals surface area contributed by atoms with Crippen molar-refractivity contribution in [2.45, 2.75) is 18.9 Å². The summed E-state index contributed by atoms with van der Waals surface area (Å²) in [4.78, 5) is 4.59. The topological polar surface area (TPSA) is 24.9 Å². The van der Waals surface area contributed by atoms with Crippen LogP contribution in [0.5, 0.6) is 0 Å². The Morgan fingerprint density at radius 3 is 2.43 bits per heavy atom. The third-order valence-electron chi connectivity index (χ3n) is 4.14. The van der Waals surface area contributed by atoms with Crippen LogP contribution < -0.4 is 5.32 Å². The van der Waals surface area contributed by atoms with Gasteiger partial charge in [0.1, 0.15) is 0 Å². The molecule has 3 rings (SSSR count). The molecule has 0 amide bonds. The third kappa shape index (κ3) is 2.67. The highest BCUT2D eigenvalue weighted by Gasteiger charge is 2.21. The van der Waals surface area contributed by atoms with Gasteiger partial charge in [-0.1, -0.05) is 61.5 Å². The second-order valence-corrected chi connectivity index (χ2v) is 5.39. The van der Waals surface area contributed by atoms with Crippen molar-refractivity contribution < 1.29 is 0 Å². The van der Waals surface area contributed by atoms with Gasteiger partial charge in [0, 0.05) is 23.5 Å². The molecule has 3 aromatic rings. The smallest absolute Gasteiger partial charge is 0.0749 e. The SMILES string of the molecule is CNC(c1cccc2cccnc12)C(C)c1ccccc1. The fraction of sp³-hybridized carbons (Fsp3) is 0.211. The molecule has 2 atom stereocenters. The van der Waals surface area contributed by atoms with Crippen LogP contribution in [0.15, 0.2) is 66.9 Å².